The molecule has 3 nitrogen and oxygen atoms in total. The Morgan fingerprint density at radius 3 is 2.71 bits per heavy atom. The Balaban J connectivity index is 3.24. The number of hydrogen-bond donors (Lipinski definition) is 1. The summed E-state index contributed by atoms with van der Waals surface area (Å²) in [6, 6.07) is 0. The number of ether oxygens (including phenoxy) is 1. The van der Waals surface area contributed by atoms with Gasteiger partial charge in [-0.2, -0.15) is 0 Å². The van der Waals surface area contributed by atoms with Crippen LogP contribution in [0.25, 0.3) is 0 Å². The molecule has 0 aliphatic heterocycles. The van der Waals surface area contributed by atoms with Crippen molar-refractivity contribution in [1.82, 2.24) is 0 Å². The lowest BCUT2D eigenvalue weighted by molar-refractivity contribution is 0.109. The molecule has 0 spiro atoms. The number of hydrogen-bond acceptors (Lipinski definition) is 2. The van der Waals surface area contributed by atoms with E-state index in [4.69, 9.17) is 10.5 Å². The van der Waals surface area contributed by atoms with Crippen molar-refractivity contribution in [3.8, 4) is 0 Å². The average molecular weight is 200 g/mol. The molecule has 0 radical (unpaired) electrons. The van der Waals surface area contributed by atoms with Crippen LogP contribution in [0.15, 0.2) is 4.99 Å². The van der Waals surface area contributed by atoms with Crippen LogP contribution in [-0.2, 0) is 4.74 Å². The van der Waals surface area contributed by atoms with E-state index in [0.29, 0.717) is 5.92 Å². The quantitative estimate of drug-likeness (QED) is 0.371. The van der Waals surface area contributed by atoms with Gasteiger partial charge in [0.1, 0.15) is 0 Å². The second-order valence-electron chi connectivity index (χ2n) is 3.95. The monoisotopic (exact) mass is 200 g/mol. The molecule has 0 atom stereocenters. The van der Waals surface area contributed by atoms with Crippen LogP contribution >= 0.6 is 0 Å². The van der Waals surface area contributed by atoms with Crippen molar-refractivity contribution >= 4 is 5.84 Å². The number of nitrogens with two attached hydrogens (primary N) is 1. The Morgan fingerprint density at radius 1 is 1.43 bits per heavy atom. The maximum atomic E-state index is 5.66. The second kappa shape index (κ2) is 9.00. The molecule has 3 heteroatoms. The number of aliphatic imine (C=N–C) groups is 1. The van der Waals surface area contributed by atoms with Gasteiger partial charge in [-0.25, -0.2) is 0 Å². The highest BCUT2D eigenvalue weighted by Gasteiger charge is 1.93. The molecular weight excluding hydrogens is 176 g/mol. The Kier molecular flexibility index (Phi) is 8.64. The summed E-state index contributed by atoms with van der Waals surface area (Å²) in [5, 5.41) is 0. The van der Waals surface area contributed by atoms with Gasteiger partial charge in [0, 0.05) is 26.2 Å². The normalized spacial score (nSPS) is 12.4. The van der Waals surface area contributed by atoms with Gasteiger partial charge in [-0.15, -0.1) is 0 Å². The van der Waals surface area contributed by atoms with Gasteiger partial charge in [0.15, 0.2) is 0 Å². The second-order valence-corrected chi connectivity index (χ2v) is 3.95. The third kappa shape index (κ3) is 9.52. The maximum Gasteiger partial charge on any atom is 0.0936 e. The smallest absolute Gasteiger partial charge is 0.0936 e. The molecule has 0 unspecified atom stereocenters. The predicted octanol–water partition coefficient (Wildman–Crippen LogP) is 2.21. The molecular formula is C11H24N2O. The molecule has 0 saturated carbocycles. The highest BCUT2D eigenvalue weighted by molar-refractivity contribution is 5.80. The summed E-state index contributed by atoms with van der Waals surface area (Å²) in [6.07, 6.45) is 2.95. The average Bonchev–Trinajstić information content (AvgIpc) is 2.11. The Hall–Kier alpha value is -0.570. The van der Waals surface area contributed by atoms with E-state index < -0.39 is 0 Å². The van der Waals surface area contributed by atoms with Crippen molar-refractivity contribution in [3.05, 3.63) is 0 Å². The molecule has 84 valence electrons. The minimum atomic E-state index is 0.615. The summed E-state index contributed by atoms with van der Waals surface area (Å²) in [4.78, 5) is 4.24. The number of nitrogens with zero attached hydrogens (tertiary/aromatic N) is 1. The van der Waals surface area contributed by atoms with Crippen LogP contribution in [0.4, 0.5) is 0 Å². The SMILES string of the molecule is CCCC(N)=NCCCOCC(C)C. The first kappa shape index (κ1) is 13.4. The molecule has 0 aliphatic rings. The molecule has 14 heavy (non-hydrogen) atoms. The lowest BCUT2D eigenvalue weighted by Gasteiger charge is -2.05. The lowest BCUT2D eigenvalue weighted by atomic mass is 10.2. The van der Waals surface area contributed by atoms with E-state index >= 15 is 0 Å². The molecule has 0 aromatic carbocycles. The van der Waals surface area contributed by atoms with Crippen LogP contribution in [0.3, 0.4) is 0 Å². The first-order chi connectivity index (χ1) is 6.66. The number of amidine groups is 1. The topological polar surface area (TPSA) is 47.6 Å². The van der Waals surface area contributed by atoms with E-state index in [2.05, 4.69) is 25.8 Å². The molecule has 2 N–H and O–H groups in total. The fraction of sp³-hybridized carbons (Fsp3) is 0.909. The summed E-state index contributed by atoms with van der Waals surface area (Å²) in [6.45, 7) is 8.84. The van der Waals surface area contributed by atoms with Crippen molar-refractivity contribution in [3.63, 3.8) is 0 Å². The van der Waals surface area contributed by atoms with Gasteiger partial charge in [-0.1, -0.05) is 20.8 Å². The maximum absolute atomic E-state index is 5.66. The van der Waals surface area contributed by atoms with Crippen LogP contribution in [0, 0.1) is 5.92 Å². The fourth-order valence-corrected chi connectivity index (χ4v) is 1.04. The van der Waals surface area contributed by atoms with Crippen molar-refractivity contribution < 1.29 is 4.74 Å². The summed E-state index contributed by atoms with van der Waals surface area (Å²) in [5.41, 5.74) is 5.66. The van der Waals surface area contributed by atoms with E-state index in [1.54, 1.807) is 0 Å². The predicted molar refractivity (Wildman–Crippen MR) is 61.7 cm³/mol. The minimum Gasteiger partial charge on any atom is -0.387 e. The summed E-state index contributed by atoms with van der Waals surface area (Å²) in [7, 11) is 0. The van der Waals surface area contributed by atoms with Crippen molar-refractivity contribution in [2.45, 2.75) is 40.0 Å². The molecule has 0 aromatic heterocycles. The zero-order chi connectivity index (χ0) is 10.8. The standard InChI is InChI=1S/C11H24N2O/c1-4-6-11(12)13-7-5-8-14-9-10(2)3/h10H,4-9H2,1-3H3,(H2,12,13). The zero-order valence-electron chi connectivity index (χ0n) is 9.75. The Morgan fingerprint density at radius 2 is 2.14 bits per heavy atom. The van der Waals surface area contributed by atoms with Gasteiger partial charge >= 0.3 is 0 Å². The molecule has 0 fully saturated rings. The van der Waals surface area contributed by atoms with Crippen molar-refractivity contribution in [2.24, 2.45) is 16.6 Å². The Labute approximate surface area is 87.7 Å². The third-order valence-electron chi connectivity index (χ3n) is 1.72. The molecule has 0 saturated heterocycles. The van der Waals surface area contributed by atoms with Crippen LogP contribution in [-0.4, -0.2) is 25.6 Å². The van der Waals surface area contributed by atoms with E-state index in [9.17, 15) is 0 Å². The van der Waals surface area contributed by atoms with Gasteiger partial charge in [-0.3, -0.25) is 4.99 Å². The van der Waals surface area contributed by atoms with Crippen molar-refractivity contribution in [1.29, 1.82) is 0 Å². The summed E-state index contributed by atoms with van der Waals surface area (Å²) < 4.78 is 5.43. The summed E-state index contributed by atoms with van der Waals surface area (Å²) >= 11 is 0. The van der Waals surface area contributed by atoms with Gasteiger partial charge in [0.2, 0.25) is 0 Å². The van der Waals surface area contributed by atoms with E-state index in [1.807, 2.05) is 0 Å². The van der Waals surface area contributed by atoms with Gasteiger partial charge in [-0.05, 0) is 18.8 Å². The van der Waals surface area contributed by atoms with Crippen LogP contribution in [0.2, 0.25) is 0 Å². The molecule has 0 aromatic rings. The highest BCUT2D eigenvalue weighted by Crippen LogP contribution is 1.94. The first-order valence-electron chi connectivity index (χ1n) is 5.53. The number of rotatable bonds is 8. The van der Waals surface area contributed by atoms with Gasteiger partial charge < -0.3 is 10.5 Å². The fourth-order valence-electron chi connectivity index (χ4n) is 1.04. The minimum absolute atomic E-state index is 0.615. The highest BCUT2D eigenvalue weighted by atomic mass is 16.5. The van der Waals surface area contributed by atoms with E-state index in [0.717, 1.165) is 44.9 Å². The van der Waals surface area contributed by atoms with E-state index in [1.165, 1.54) is 0 Å². The van der Waals surface area contributed by atoms with Crippen LogP contribution < -0.4 is 5.73 Å². The van der Waals surface area contributed by atoms with Crippen LogP contribution in [0.5, 0.6) is 0 Å². The molecule has 0 rings (SSSR count). The van der Waals surface area contributed by atoms with Crippen molar-refractivity contribution in [2.75, 3.05) is 19.8 Å². The zero-order valence-corrected chi connectivity index (χ0v) is 9.75. The Bertz CT molecular complexity index is 155. The molecule has 0 amide bonds. The van der Waals surface area contributed by atoms with Gasteiger partial charge in [0.05, 0.1) is 5.84 Å². The molecule has 0 bridgehead atoms. The van der Waals surface area contributed by atoms with E-state index in [-0.39, 0.29) is 0 Å². The molecule has 0 aliphatic carbocycles. The van der Waals surface area contributed by atoms with Crippen LogP contribution in [0.1, 0.15) is 40.0 Å². The largest absolute Gasteiger partial charge is 0.387 e. The first-order valence-corrected chi connectivity index (χ1v) is 5.53. The summed E-state index contributed by atoms with van der Waals surface area (Å²) in [5.74, 6) is 1.39. The molecule has 0 heterocycles. The third-order valence-corrected chi connectivity index (χ3v) is 1.72. The van der Waals surface area contributed by atoms with Gasteiger partial charge in [0.25, 0.3) is 0 Å². The lowest BCUT2D eigenvalue weighted by Crippen LogP contribution is -2.12.